The largest absolute Gasteiger partial charge is 0.478 e. The number of aryl methyl sites for hydroxylation is 2. The summed E-state index contributed by atoms with van der Waals surface area (Å²) in [5, 5.41) is 11.8. The minimum Gasteiger partial charge on any atom is -0.478 e. The normalized spacial score (nSPS) is 15.2. The Kier molecular flexibility index (Phi) is 5.69. The van der Waals surface area contributed by atoms with E-state index in [0.717, 1.165) is 22.6 Å². The Morgan fingerprint density at radius 3 is 2.33 bits per heavy atom. The molecule has 1 aliphatic rings. The highest BCUT2D eigenvalue weighted by Crippen LogP contribution is 2.27. The summed E-state index contributed by atoms with van der Waals surface area (Å²) in [6.45, 7) is 5.64. The van der Waals surface area contributed by atoms with Gasteiger partial charge in [0, 0.05) is 17.1 Å². The van der Waals surface area contributed by atoms with Gasteiger partial charge in [0.15, 0.2) is 5.11 Å². The maximum Gasteiger partial charge on any atom is 0.335 e. The first-order valence-electron chi connectivity index (χ1n) is 10.2. The van der Waals surface area contributed by atoms with Crippen molar-refractivity contribution < 1.29 is 19.5 Å². The molecule has 4 rings (SSSR count). The van der Waals surface area contributed by atoms with Crippen LogP contribution in [0.15, 0.2) is 60.2 Å². The number of nitrogens with zero attached hydrogens (tertiary/aromatic N) is 2. The van der Waals surface area contributed by atoms with E-state index in [9.17, 15) is 14.4 Å². The van der Waals surface area contributed by atoms with Crippen molar-refractivity contribution in [2.24, 2.45) is 0 Å². The van der Waals surface area contributed by atoms with E-state index in [-0.39, 0.29) is 16.2 Å². The SMILES string of the molecule is Cc1ccccc1N1C(=O)/C(=C/c2cc(C)n(-c3ccc(C(=O)O)cc3)c2C)C(=O)NC1=S. The Bertz CT molecular complexity index is 1350. The highest BCUT2D eigenvalue weighted by Gasteiger charge is 2.35. The van der Waals surface area contributed by atoms with Gasteiger partial charge in [-0.05, 0) is 86.6 Å². The fraction of sp³-hybridized carbons (Fsp3) is 0.120. The third kappa shape index (κ3) is 3.96. The van der Waals surface area contributed by atoms with E-state index in [1.165, 1.54) is 17.0 Å². The van der Waals surface area contributed by atoms with E-state index in [0.29, 0.717) is 11.3 Å². The zero-order valence-electron chi connectivity index (χ0n) is 18.2. The number of hydrogen-bond acceptors (Lipinski definition) is 4. The Morgan fingerprint density at radius 1 is 1.03 bits per heavy atom. The number of aromatic nitrogens is 1. The molecule has 0 aliphatic carbocycles. The minimum absolute atomic E-state index is 0.0201. The Labute approximate surface area is 196 Å². The molecular weight excluding hydrogens is 438 g/mol. The van der Waals surface area contributed by atoms with Crippen LogP contribution in [0.4, 0.5) is 5.69 Å². The molecule has 1 saturated heterocycles. The van der Waals surface area contributed by atoms with Crippen molar-refractivity contribution in [3.05, 3.63) is 88.2 Å². The van der Waals surface area contributed by atoms with Gasteiger partial charge in [0.1, 0.15) is 5.57 Å². The molecule has 2 heterocycles. The first kappa shape index (κ1) is 22.2. The van der Waals surface area contributed by atoms with Crippen LogP contribution in [0.2, 0.25) is 0 Å². The molecule has 3 aromatic rings. The minimum atomic E-state index is -0.995. The lowest BCUT2D eigenvalue weighted by molar-refractivity contribution is -0.122. The van der Waals surface area contributed by atoms with Crippen LogP contribution in [-0.4, -0.2) is 32.6 Å². The summed E-state index contributed by atoms with van der Waals surface area (Å²) >= 11 is 5.28. The van der Waals surface area contributed by atoms with Gasteiger partial charge in [-0.25, -0.2) is 4.79 Å². The monoisotopic (exact) mass is 459 g/mol. The fourth-order valence-corrected chi connectivity index (χ4v) is 4.20. The van der Waals surface area contributed by atoms with Crippen LogP contribution < -0.4 is 10.2 Å². The van der Waals surface area contributed by atoms with Crippen molar-refractivity contribution >= 4 is 46.9 Å². The second-order valence-corrected chi connectivity index (χ2v) is 8.14. The van der Waals surface area contributed by atoms with Gasteiger partial charge in [-0.15, -0.1) is 0 Å². The lowest BCUT2D eigenvalue weighted by Crippen LogP contribution is -2.54. The third-order valence-electron chi connectivity index (χ3n) is 5.60. The van der Waals surface area contributed by atoms with Crippen LogP contribution in [0.5, 0.6) is 0 Å². The van der Waals surface area contributed by atoms with E-state index in [1.54, 1.807) is 30.3 Å². The molecule has 2 N–H and O–H groups in total. The van der Waals surface area contributed by atoms with Crippen molar-refractivity contribution in [3.8, 4) is 5.69 Å². The average Bonchev–Trinajstić information content (AvgIpc) is 3.05. The summed E-state index contributed by atoms with van der Waals surface area (Å²) < 4.78 is 1.94. The number of amides is 2. The molecule has 8 heteroatoms. The van der Waals surface area contributed by atoms with Gasteiger partial charge >= 0.3 is 5.97 Å². The van der Waals surface area contributed by atoms with Gasteiger partial charge in [0.25, 0.3) is 11.8 Å². The van der Waals surface area contributed by atoms with Crippen molar-refractivity contribution in [2.45, 2.75) is 20.8 Å². The van der Waals surface area contributed by atoms with Gasteiger partial charge in [-0.2, -0.15) is 0 Å². The molecule has 1 aromatic heterocycles. The Hall–Kier alpha value is -4.04. The zero-order chi connectivity index (χ0) is 23.9. The molecule has 166 valence electrons. The fourth-order valence-electron chi connectivity index (χ4n) is 3.93. The number of carbonyl (C=O) groups is 3. The molecule has 7 nitrogen and oxygen atoms in total. The maximum absolute atomic E-state index is 13.3. The lowest BCUT2D eigenvalue weighted by Gasteiger charge is -2.30. The van der Waals surface area contributed by atoms with E-state index < -0.39 is 17.8 Å². The molecule has 0 atom stereocenters. The first-order valence-corrected chi connectivity index (χ1v) is 10.6. The van der Waals surface area contributed by atoms with Crippen molar-refractivity contribution in [2.75, 3.05) is 4.90 Å². The number of rotatable bonds is 4. The third-order valence-corrected chi connectivity index (χ3v) is 5.89. The first-order chi connectivity index (χ1) is 15.7. The molecule has 33 heavy (non-hydrogen) atoms. The van der Waals surface area contributed by atoms with Crippen molar-refractivity contribution in [3.63, 3.8) is 0 Å². The molecule has 1 aliphatic heterocycles. The van der Waals surface area contributed by atoms with Gasteiger partial charge in [0.05, 0.1) is 11.3 Å². The molecule has 0 spiro atoms. The summed E-state index contributed by atoms with van der Waals surface area (Å²) in [5.74, 6) is -2.04. The van der Waals surface area contributed by atoms with E-state index in [1.807, 2.05) is 43.5 Å². The molecule has 0 saturated carbocycles. The number of thiocarbonyl (C=S) groups is 1. The summed E-state index contributed by atoms with van der Waals surface area (Å²) in [6, 6.07) is 15.7. The van der Waals surface area contributed by atoms with Crippen LogP contribution in [0.25, 0.3) is 11.8 Å². The number of carboxylic acid groups (broad SMARTS) is 1. The smallest absolute Gasteiger partial charge is 0.335 e. The van der Waals surface area contributed by atoms with Gasteiger partial charge in [-0.1, -0.05) is 18.2 Å². The highest BCUT2D eigenvalue weighted by molar-refractivity contribution is 7.80. The molecule has 0 bridgehead atoms. The van der Waals surface area contributed by atoms with Gasteiger partial charge in [0.2, 0.25) is 0 Å². The molecule has 2 amide bonds. The Balaban J connectivity index is 1.75. The summed E-state index contributed by atoms with van der Waals surface area (Å²) in [6.07, 6.45) is 1.56. The number of carboxylic acids is 1. The van der Waals surface area contributed by atoms with Gasteiger partial charge < -0.3 is 9.67 Å². The van der Waals surface area contributed by atoms with E-state index in [4.69, 9.17) is 17.3 Å². The maximum atomic E-state index is 13.3. The molecule has 0 radical (unpaired) electrons. The number of hydrogen-bond donors (Lipinski definition) is 2. The predicted molar refractivity (Wildman–Crippen MR) is 130 cm³/mol. The zero-order valence-corrected chi connectivity index (χ0v) is 19.1. The number of anilines is 1. The summed E-state index contributed by atoms with van der Waals surface area (Å²) in [7, 11) is 0. The molecule has 1 fully saturated rings. The number of benzene rings is 2. The standard InChI is InChI=1S/C25H21N3O4S/c1-14-6-4-5-7-21(14)28-23(30)20(22(29)26-25(28)33)13-18-12-15(2)27(16(18)3)19-10-8-17(9-11-19)24(31)32/h4-13H,1-3H3,(H,31,32)(H,26,29,33)/b20-13+. The van der Waals surface area contributed by atoms with Crippen LogP contribution >= 0.6 is 12.2 Å². The predicted octanol–water partition coefficient (Wildman–Crippen LogP) is 3.93. The van der Waals surface area contributed by atoms with E-state index >= 15 is 0 Å². The van der Waals surface area contributed by atoms with Crippen LogP contribution in [0.3, 0.4) is 0 Å². The quantitative estimate of drug-likeness (QED) is 0.350. The molecule has 2 aromatic carbocycles. The van der Waals surface area contributed by atoms with Gasteiger partial charge in [-0.3, -0.25) is 19.8 Å². The van der Waals surface area contributed by atoms with Crippen LogP contribution in [0.1, 0.15) is 32.9 Å². The van der Waals surface area contributed by atoms with Crippen LogP contribution in [0, 0.1) is 20.8 Å². The van der Waals surface area contributed by atoms with Crippen molar-refractivity contribution in [1.82, 2.24) is 9.88 Å². The van der Waals surface area contributed by atoms with Crippen molar-refractivity contribution in [1.29, 1.82) is 0 Å². The average molecular weight is 460 g/mol. The number of aromatic carboxylic acids is 1. The number of para-hydroxylation sites is 1. The van der Waals surface area contributed by atoms with E-state index in [2.05, 4.69) is 5.32 Å². The van der Waals surface area contributed by atoms with Crippen LogP contribution in [-0.2, 0) is 9.59 Å². The number of carbonyl (C=O) groups excluding carboxylic acids is 2. The molecule has 0 unspecified atom stereocenters. The number of nitrogens with one attached hydrogen (secondary N) is 1. The Morgan fingerprint density at radius 2 is 1.70 bits per heavy atom. The highest BCUT2D eigenvalue weighted by atomic mass is 32.1. The summed E-state index contributed by atoms with van der Waals surface area (Å²) in [5.41, 5.74) is 4.80. The second kappa shape index (κ2) is 8.48. The summed E-state index contributed by atoms with van der Waals surface area (Å²) in [4.78, 5) is 38.5. The second-order valence-electron chi connectivity index (χ2n) is 7.76. The lowest BCUT2D eigenvalue weighted by atomic mass is 10.1. The molecular formula is C25H21N3O4S. The topological polar surface area (TPSA) is 91.6 Å².